The van der Waals surface area contributed by atoms with E-state index in [1.54, 1.807) is 6.33 Å². The van der Waals surface area contributed by atoms with Crippen molar-refractivity contribution in [2.75, 3.05) is 24.2 Å². The quantitative estimate of drug-likeness (QED) is 0.626. The van der Waals surface area contributed by atoms with Gasteiger partial charge in [0, 0.05) is 13.0 Å². The summed E-state index contributed by atoms with van der Waals surface area (Å²) in [6.07, 6.45) is 4.25. The van der Waals surface area contributed by atoms with Crippen molar-refractivity contribution in [3.63, 3.8) is 0 Å². The fourth-order valence-corrected chi connectivity index (χ4v) is 4.26. The van der Waals surface area contributed by atoms with E-state index >= 15 is 0 Å². The van der Waals surface area contributed by atoms with Crippen molar-refractivity contribution >= 4 is 34.7 Å². The van der Waals surface area contributed by atoms with E-state index in [0.717, 1.165) is 6.54 Å². The van der Waals surface area contributed by atoms with Crippen molar-refractivity contribution in [1.82, 2.24) is 19.5 Å². The predicted molar refractivity (Wildman–Crippen MR) is 89.1 cm³/mol. The van der Waals surface area contributed by atoms with Crippen LogP contribution >= 0.6 is 11.8 Å². The van der Waals surface area contributed by atoms with Crippen LogP contribution in [0.2, 0.25) is 0 Å². The monoisotopic (exact) mass is 336 g/mol. The summed E-state index contributed by atoms with van der Waals surface area (Å²) in [5, 5.41) is 22.5. The molecule has 2 fully saturated rings. The molecule has 3 heterocycles. The third-order valence-corrected chi connectivity index (χ3v) is 5.93. The summed E-state index contributed by atoms with van der Waals surface area (Å²) in [6.45, 7) is 0.835. The molecule has 23 heavy (non-hydrogen) atoms. The number of thioether (sulfide) groups is 1. The van der Waals surface area contributed by atoms with Crippen LogP contribution in [0.25, 0.3) is 11.2 Å². The maximum atomic E-state index is 10.0. The molecule has 1 saturated heterocycles. The Kier molecular flexibility index (Phi) is 3.78. The second-order valence-corrected chi connectivity index (χ2v) is 7.62. The van der Waals surface area contributed by atoms with Gasteiger partial charge in [-0.1, -0.05) is 0 Å². The van der Waals surface area contributed by atoms with Crippen LogP contribution in [0.4, 0.5) is 11.8 Å². The first-order valence-electron chi connectivity index (χ1n) is 7.84. The molecule has 4 rings (SSSR count). The number of hydrogen-bond donors (Lipinski definition) is 4. The standard InChI is InChI=1S/C14H20N6O2S/c15-14-18-12(16-4-7-1-2-7)11-13(19-14)20(6-17-11)10-3-8(22)9(5-21)23-10/h6-10,21-22H,1-5H2,(H3,15,16,18,19)/t8-,9+,10-/m0/s1. The fourth-order valence-electron chi connectivity index (χ4n) is 2.88. The largest absolute Gasteiger partial charge is 0.395 e. The number of hydrogen-bond acceptors (Lipinski definition) is 8. The Morgan fingerprint density at radius 2 is 2.22 bits per heavy atom. The number of imidazole rings is 1. The molecule has 3 atom stereocenters. The zero-order valence-electron chi connectivity index (χ0n) is 12.6. The van der Waals surface area contributed by atoms with Gasteiger partial charge in [0.15, 0.2) is 17.0 Å². The molecule has 2 aliphatic rings. The first kappa shape index (κ1) is 15.0. The molecule has 0 amide bonds. The van der Waals surface area contributed by atoms with Gasteiger partial charge in [-0.25, -0.2) is 4.98 Å². The highest BCUT2D eigenvalue weighted by atomic mass is 32.2. The molecule has 124 valence electrons. The van der Waals surface area contributed by atoms with Gasteiger partial charge >= 0.3 is 0 Å². The van der Waals surface area contributed by atoms with Crippen molar-refractivity contribution in [3.8, 4) is 0 Å². The van der Waals surface area contributed by atoms with E-state index in [1.807, 2.05) is 4.57 Å². The normalized spacial score (nSPS) is 27.7. The maximum absolute atomic E-state index is 10.0. The van der Waals surface area contributed by atoms with Gasteiger partial charge in [-0.3, -0.25) is 0 Å². The number of nitrogens with two attached hydrogens (primary N) is 1. The molecule has 1 saturated carbocycles. The average molecular weight is 336 g/mol. The fraction of sp³-hybridized carbons (Fsp3) is 0.643. The molecule has 2 aromatic heterocycles. The molecule has 2 aromatic rings. The van der Waals surface area contributed by atoms with Gasteiger partial charge in [-0.2, -0.15) is 9.97 Å². The molecular formula is C14H20N6O2S. The zero-order valence-corrected chi connectivity index (χ0v) is 13.4. The number of aliphatic hydroxyl groups is 2. The summed E-state index contributed by atoms with van der Waals surface area (Å²) in [5.74, 6) is 1.59. The Morgan fingerprint density at radius 3 is 2.91 bits per heavy atom. The van der Waals surface area contributed by atoms with Crippen LogP contribution in [0.15, 0.2) is 6.33 Å². The number of aliphatic hydroxyl groups excluding tert-OH is 2. The summed E-state index contributed by atoms with van der Waals surface area (Å²) in [7, 11) is 0. The Balaban J connectivity index is 1.65. The molecule has 1 aliphatic carbocycles. The van der Waals surface area contributed by atoms with Crippen molar-refractivity contribution in [3.05, 3.63) is 6.33 Å². The molecule has 8 nitrogen and oxygen atoms in total. The average Bonchev–Trinajstić information content (AvgIpc) is 3.15. The lowest BCUT2D eigenvalue weighted by atomic mass is 10.2. The van der Waals surface area contributed by atoms with Gasteiger partial charge in [0.2, 0.25) is 5.95 Å². The van der Waals surface area contributed by atoms with Crippen molar-refractivity contribution < 1.29 is 10.2 Å². The van der Waals surface area contributed by atoms with E-state index in [1.165, 1.54) is 24.6 Å². The third-order valence-electron chi connectivity index (χ3n) is 4.39. The highest BCUT2D eigenvalue weighted by Gasteiger charge is 2.35. The van der Waals surface area contributed by atoms with Crippen molar-refractivity contribution in [2.24, 2.45) is 5.92 Å². The molecule has 0 radical (unpaired) electrons. The summed E-state index contributed by atoms with van der Waals surface area (Å²) in [5.41, 5.74) is 7.22. The van der Waals surface area contributed by atoms with Crippen molar-refractivity contribution in [2.45, 2.75) is 36.0 Å². The lowest BCUT2D eigenvalue weighted by molar-refractivity contribution is 0.138. The second kappa shape index (κ2) is 5.81. The summed E-state index contributed by atoms with van der Waals surface area (Å²) >= 11 is 1.53. The van der Waals surface area contributed by atoms with Crippen LogP contribution in [0.5, 0.6) is 0 Å². The van der Waals surface area contributed by atoms with Crippen LogP contribution in [-0.2, 0) is 0 Å². The number of nitrogens with zero attached hydrogens (tertiary/aromatic N) is 4. The number of aromatic nitrogens is 4. The minimum Gasteiger partial charge on any atom is -0.395 e. The molecule has 0 aromatic carbocycles. The first-order chi connectivity index (χ1) is 11.2. The van der Waals surface area contributed by atoms with E-state index in [4.69, 9.17) is 5.73 Å². The van der Waals surface area contributed by atoms with E-state index in [-0.39, 0.29) is 23.2 Å². The number of nitrogen functional groups attached to an aromatic ring is 1. The summed E-state index contributed by atoms with van der Waals surface area (Å²) in [6, 6.07) is 0. The number of anilines is 2. The Morgan fingerprint density at radius 1 is 1.39 bits per heavy atom. The van der Waals surface area contributed by atoms with Gasteiger partial charge in [0.05, 0.1) is 29.7 Å². The van der Waals surface area contributed by atoms with E-state index < -0.39 is 6.10 Å². The Bertz CT molecular complexity index is 719. The van der Waals surface area contributed by atoms with E-state index in [9.17, 15) is 10.2 Å². The summed E-state index contributed by atoms with van der Waals surface area (Å²) in [4.78, 5) is 13.0. The molecule has 1 aliphatic heterocycles. The van der Waals surface area contributed by atoms with Gasteiger partial charge in [-0.05, 0) is 18.8 Å². The number of rotatable bonds is 5. The molecule has 9 heteroatoms. The van der Waals surface area contributed by atoms with Crippen LogP contribution in [-0.4, -0.2) is 54.2 Å². The number of nitrogens with one attached hydrogen (secondary N) is 1. The smallest absolute Gasteiger partial charge is 0.224 e. The highest BCUT2D eigenvalue weighted by Crippen LogP contribution is 2.42. The van der Waals surface area contributed by atoms with Gasteiger partial charge < -0.3 is 25.8 Å². The summed E-state index contributed by atoms with van der Waals surface area (Å²) < 4.78 is 1.92. The maximum Gasteiger partial charge on any atom is 0.224 e. The second-order valence-electron chi connectivity index (χ2n) is 6.19. The Hall–Kier alpha value is -1.58. The SMILES string of the molecule is Nc1nc(NCC2CC2)c2ncn([C@@H]3C[C@H](O)[C@@H](CO)S3)c2n1. The minimum absolute atomic E-state index is 0.0160. The number of fused-ring (bicyclic) bond motifs is 1. The molecule has 5 N–H and O–H groups in total. The molecular weight excluding hydrogens is 316 g/mol. The lowest BCUT2D eigenvalue weighted by Crippen LogP contribution is -2.20. The van der Waals surface area contributed by atoms with Crippen LogP contribution in [0, 0.1) is 5.92 Å². The van der Waals surface area contributed by atoms with Crippen LogP contribution in [0.3, 0.4) is 0 Å². The minimum atomic E-state index is -0.529. The van der Waals surface area contributed by atoms with Crippen molar-refractivity contribution in [1.29, 1.82) is 0 Å². The molecule has 0 spiro atoms. The lowest BCUT2D eigenvalue weighted by Gasteiger charge is -2.12. The zero-order chi connectivity index (χ0) is 16.0. The first-order valence-corrected chi connectivity index (χ1v) is 8.78. The topological polar surface area (TPSA) is 122 Å². The van der Waals surface area contributed by atoms with E-state index in [2.05, 4.69) is 20.3 Å². The van der Waals surface area contributed by atoms with E-state index in [0.29, 0.717) is 29.3 Å². The third kappa shape index (κ3) is 2.84. The molecule has 0 unspecified atom stereocenters. The molecule has 0 bridgehead atoms. The van der Waals surface area contributed by atoms with Crippen LogP contribution in [0.1, 0.15) is 24.6 Å². The van der Waals surface area contributed by atoms with Gasteiger partial charge in [0.1, 0.15) is 0 Å². The van der Waals surface area contributed by atoms with Crippen LogP contribution < -0.4 is 11.1 Å². The van der Waals surface area contributed by atoms with Gasteiger partial charge in [0.25, 0.3) is 0 Å². The Labute approximate surface area is 137 Å². The highest BCUT2D eigenvalue weighted by molar-refractivity contribution is 8.00. The predicted octanol–water partition coefficient (Wildman–Crippen LogP) is 0.588. The van der Waals surface area contributed by atoms with Gasteiger partial charge in [-0.15, -0.1) is 11.8 Å².